The Balaban J connectivity index is 1.83. The molecular weight excluding hydrogens is 396 g/mol. The molecule has 0 aromatic heterocycles. The van der Waals surface area contributed by atoms with Crippen molar-refractivity contribution < 1.29 is 9.59 Å². The summed E-state index contributed by atoms with van der Waals surface area (Å²) in [5.74, 6) is -0.648. The molecule has 0 unspecified atom stereocenters. The topological polar surface area (TPSA) is 49.4 Å². The summed E-state index contributed by atoms with van der Waals surface area (Å²) >= 11 is 0. The van der Waals surface area contributed by atoms with Crippen LogP contribution in [-0.2, 0) is 16.0 Å². The van der Waals surface area contributed by atoms with Crippen LogP contribution >= 0.6 is 0 Å². The van der Waals surface area contributed by atoms with E-state index in [1.165, 1.54) is 10.5 Å². The predicted molar refractivity (Wildman–Crippen MR) is 131 cm³/mol. The number of benzene rings is 3. The molecule has 0 aliphatic carbocycles. The van der Waals surface area contributed by atoms with Crippen molar-refractivity contribution in [2.24, 2.45) is 0 Å². The average Bonchev–Trinajstić information content (AvgIpc) is 3.00. The molecule has 0 atom stereocenters. The van der Waals surface area contributed by atoms with Gasteiger partial charge < -0.3 is 5.32 Å². The predicted octanol–water partition coefficient (Wildman–Crippen LogP) is 5.88. The first-order chi connectivity index (χ1) is 15.3. The molecule has 0 spiro atoms. The number of hydrogen-bond donors (Lipinski definition) is 1. The second-order valence-corrected chi connectivity index (χ2v) is 8.46. The number of anilines is 2. The smallest absolute Gasteiger partial charge is 0.282 e. The van der Waals surface area contributed by atoms with Crippen molar-refractivity contribution in [3.05, 3.63) is 99.7 Å². The molecule has 3 aromatic carbocycles. The van der Waals surface area contributed by atoms with Crippen molar-refractivity contribution in [2.75, 3.05) is 10.2 Å². The maximum absolute atomic E-state index is 13.6. The van der Waals surface area contributed by atoms with Gasteiger partial charge in [0.15, 0.2) is 0 Å². The van der Waals surface area contributed by atoms with Gasteiger partial charge in [-0.2, -0.15) is 0 Å². The minimum Gasteiger partial charge on any atom is -0.350 e. The SMILES string of the molecule is CCc1ccc(N2C(=O)C(Nc3ccc(C)c(C)c3)=C(c3ccc(C)cc3C)C2=O)cc1. The lowest BCUT2D eigenvalue weighted by Gasteiger charge is -2.16. The van der Waals surface area contributed by atoms with Gasteiger partial charge in [0.25, 0.3) is 11.8 Å². The third kappa shape index (κ3) is 3.84. The van der Waals surface area contributed by atoms with Crippen LogP contribution in [-0.4, -0.2) is 11.8 Å². The highest BCUT2D eigenvalue weighted by Gasteiger charge is 2.40. The van der Waals surface area contributed by atoms with Gasteiger partial charge in [0.2, 0.25) is 0 Å². The van der Waals surface area contributed by atoms with Crippen molar-refractivity contribution in [2.45, 2.75) is 41.0 Å². The molecule has 1 N–H and O–H groups in total. The van der Waals surface area contributed by atoms with Crippen LogP contribution < -0.4 is 10.2 Å². The molecule has 162 valence electrons. The van der Waals surface area contributed by atoms with Gasteiger partial charge in [0.05, 0.1) is 11.3 Å². The number of nitrogens with one attached hydrogen (secondary N) is 1. The maximum atomic E-state index is 13.6. The fourth-order valence-corrected chi connectivity index (χ4v) is 4.07. The van der Waals surface area contributed by atoms with Crippen molar-refractivity contribution in [1.82, 2.24) is 0 Å². The molecule has 4 rings (SSSR count). The van der Waals surface area contributed by atoms with E-state index in [9.17, 15) is 9.59 Å². The number of imide groups is 1. The Morgan fingerprint density at radius 2 is 1.47 bits per heavy atom. The summed E-state index contributed by atoms with van der Waals surface area (Å²) < 4.78 is 0. The van der Waals surface area contributed by atoms with Crippen LogP contribution in [0.1, 0.15) is 40.3 Å². The maximum Gasteiger partial charge on any atom is 0.282 e. The number of amides is 2. The van der Waals surface area contributed by atoms with E-state index in [1.807, 2.05) is 88.4 Å². The average molecular weight is 425 g/mol. The summed E-state index contributed by atoms with van der Waals surface area (Å²) in [6.45, 7) is 10.1. The normalized spacial score (nSPS) is 13.8. The van der Waals surface area contributed by atoms with Gasteiger partial charge in [-0.3, -0.25) is 9.59 Å². The van der Waals surface area contributed by atoms with E-state index in [-0.39, 0.29) is 11.8 Å². The van der Waals surface area contributed by atoms with Crippen LogP contribution in [0.25, 0.3) is 5.57 Å². The van der Waals surface area contributed by atoms with Crippen LogP contribution in [0.4, 0.5) is 11.4 Å². The highest BCUT2D eigenvalue weighted by atomic mass is 16.2. The van der Waals surface area contributed by atoms with Crippen LogP contribution in [0.15, 0.2) is 66.4 Å². The van der Waals surface area contributed by atoms with Gasteiger partial charge in [-0.25, -0.2) is 4.90 Å². The summed E-state index contributed by atoms with van der Waals surface area (Å²) in [5, 5.41) is 3.27. The molecule has 4 heteroatoms. The van der Waals surface area contributed by atoms with Crippen molar-refractivity contribution >= 4 is 28.8 Å². The first-order valence-corrected chi connectivity index (χ1v) is 10.9. The van der Waals surface area contributed by atoms with Gasteiger partial charge in [-0.1, -0.05) is 48.9 Å². The molecule has 2 amide bonds. The minimum atomic E-state index is -0.340. The standard InChI is InChI=1S/C28H28N2O2/c1-6-21-9-12-23(13-10-21)30-27(31)25(24-14-7-17(2)15-20(24)5)26(28(30)32)29-22-11-8-18(3)19(4)16-22/h7-16,29H,6H2,1-5H3. The van der Waals surface area contributed by atoms with Gasteiger partial charge in [-0.15, -0.1) is 0 Å². The Bertz CT molecular complexity index is 1250. The lowest BCUT2D eigenvalue weighted by atomic mass is 9.97. The summed E-state index contributed by atoms with van der Waals surface area (Å²) in [5.41, 5.74) is 8.37. The molecule has 0 saturated carbocycles. The number of nitrogens with zero attached hydrogens (tertiary/aromatic N) is 1. The van der Waals surface area contributed by atoms with Gasteiger partial charge in [0, 0.05) is 5.69 Å². The Hall–Kier alpha value is -3.66. The lowest BCUT2D eigenvalue weighted by Crippen LogP contribution is -2.32. The van der Waals surface area contributed by atoms with Crippen molar-refractivity contribution in [1.29, 1.82) is 0 Å². The van der Waals surface area contributed by atoms with E-state index in [1.54, 1.807) is 0 Å². The molecule has 0 bridgehead atoms. The second-order valence-electron chi connectivity index (χ2n) is 8.46. The van der Waals surface area contributed by atoms with Crippen LogP contribution in [0.5, 0.6) is 0 Å². The molecule has 0 fully saturated rings. The minimum absolute atomic E-state index is 0.308. The van der Waals surface area contributed by atoms with Crippen LogP contribution in [0.3, 0.4) is 0 Å². The van der Waals surface area contributed by atoms with E-state index in [0.717, 1.165) is 39.9 Å². The highest BCUT2D eigenvalue weighted by Crippen LogP contribution is 2.35. The second kappa shape index (κ2) is 8.46. The third-order valence-corrected chi connectivity index (χ3v) is 6.11. The van der Waals surface area contributed by atoms with Crippen LogP contribution in [0.2, 0.25) is 0 Å². The number of carbonyl (C=O) groups is 2. The van der Waals surface area contributed by atoms with Gasteiger partial charge in [0.1, 0.15) is 5.70 Å². The van der Waals surface area contributed by atoms with E-state index < -0.39 is 0 Å². The van der Waals surface area contributed by atoms with Crippen LogP contribution in [0, 0.1) is 27.7 Å². The first kappa shape index (κ1) is 21.6. The van der Waals surface area contributed by atoms with E-state index >= 15 is 0 Å². The number of hydrogen-bond acceptors (Lipinski definition) is 3. The summed E-state index contributed by atoms with van der Waals surface area (Å²) in [6.07, 6.45) is 0.897. The Kier molecular flexibility index (Phi) is 5.70. The monoisotopic (exact) mass is 424 g/mol. The Morgan fingerprint density at radius 1 is 0.750 bits per heavy atom. The van der Waals surface area contributed by atoms with Gasteiger partial charge in [-0.05, 0) is 86.2 Å². The van der Waals surface area contributed by atoms with Gasteiger partial charge >= 0.3 is 0 Å². The van der Waals surface area contributed by atoms with E-state index in [0.29, 0.717) is 17.0 Å². The molecule has 32 heavy (non-hydrogen) atoms. The quantitative estimate of drug-likeness (QED) is 0.521. The first-order valence-electron chi connectivity index (χ1n) is 10.9. The van der Waals surface area contributed by atoms with E-state index in [2.05, 4.69) is 12.2 Å². The van der Waals surface area contributed by atoms with Crippen molar-refractivity contribution in [3.8, 4) is 0 Å². The molecule has 3 aromatic rings. The largest absolute Gasteiger partial charge is 0.350 e. The molecule has 1 aliphatic rings. The Morgan fingerprint density at radius 3 is 2.09 bits per heavy atom. The number of carbonyl (C=O) groups excluding carboxylic acids is 2. The zero-order valence-corrected chi connectivity index (χ0v) is 19.2. The molecule has 1 heterocycles. The third-order valence-electron chi connectivity index (χ3n) is 6.11. The zero-order valence-electron chi connectivity index (χ0n) is 19.2. The number of rotatable bonds is 5. The van der Waals surface area contributed by atoms with Crippen molar-refractivity contribution in [3.63, 3.8) is 0 Å². The fourth-order valence-electron chi connectivity index (χ4n) is 4.07. The fraction of sp³-hybridized carbons (Fsp3) is 0.214. The summed E-state index contributed by atoms with van der Waals surface area (Å²) in [6, 6.07) is 19.5. The summed E-state index contributed by atoms with van der Waals surface area (Å²) in [4.78, 5) is 28.5. The molecule has 1 aliphatic heterocycles. The van der Waals surface area contributed by atoms with E-state index in [4.69, 9.17) is 0 Å². The number of aryl methyl sites for hydroxylation is 5. The molecule has 0 saturated heterocycles. The molecule has 0 radical (unpaired) electrons. The Labute approximate surface area is 189 Å². The zero-order chi connectivity index (χ0) is 23.0. The summed E-state index contributed by atoms with van der Waals surface area (Å²) in [7, 11) is 0. The lowest BCUT2D eigenvalue weighted by molar-refractivity contribution is -0.120. The molecule has 4 nitrogen and oxygen atoms in total. The molecular formula is C28H28N2O2. The highest BCUT2D eigenvalue weighted by molar-refractivity contribution is 6.46.